The average Bonchev–Trinajstić information content (AvgIpc) is 1.81. The fraction of sp³-hybridized carbons (Fsp3) is 1.00. The molecular formula is C7H18O2. The van der Waals surface area contributed by atoms with E-state index in [0.717, 1.165) is 19.4 Å². The van der Waals surface area contributed by atoms with Crippen molar-refractivity contribution >= 4 is 0 Å². The van der Waals surface area contributed by atoms with Crippen molar-refractivity contribution in [1.29, 1.82) is 0 Å². The zero-order chi connectivity index (χ0) is 6.24. The van der Waals surface area contributed by atoms with Crippen molar-refractivity contribution in [1.82, 2.24) is 0 Å². The standard InChI is InChI=1S/C6H14O2.CH4/c1-2-3-5-8-6-4-7;/h7H,2-6H2,1H3;1H4. The van der Waals surface area contributed by atoms with E-state index < -0.39 is 0 Å². The zero-order valence-electron chi connectivity index (χ0n) is 5.39. The summed E-state index contributed by atoms with van der Waals surface area (Å²) < 4.78 is 4.97. The summed E-state index contributed by atoms with van der Waals surface area (Å²) in [6, 6.07) is 0. The number of aliphatic hydroxyl groups is 1. The largest absolute Gasteiger partial charge is 0.394 e. The first-order valence-corrected chi connectivity index (χ1v) is 3.10. The smallest absolute Gasteiger partial charge is 0.0697 e. The van der Waals surface area contributed by atoms with Crippen molar-refractivity contribution in [2.24, 2.45) is 0 Å². The van der Waals surface area contributed by atoms with Crippen molar-refractivity contribution in [2.45, 2.75) is 27.2 Å². The molecule has 0 aliphatic carbocycles. The lowest BCUT2D eigenvalue weighted by molar-refractivity contribution is 0.0904. The Bertz CT molecular complexity index is 31.9. The Hall–Kier alpha value is -0.0800. The van der Waals surface area contributed by atoms with Gasteiger partial charge in [0.25, 0.3) is 0 Å². The van der Waals surface area contributed by atoms with Crippen molar-refractivity contribution in [3.63, 3.8) is 0 Å². The van der Waals surface area contributed by atoms with E-state index >= 15 is 0 Å². The molecule has 0 radical (unpaired) electrons. The van der Waals surface area contributed by atoms with E-state index in [1.807, 2.05) is 0 Å². The van der Waals surface area contributed by atoms with Gasteiger partial charge in [0, 0.05) is 6.61 Å². The van der Waals surface area contributed by atoms with Gasteiger partial charge in [-0.15, -0.1) is 0 Å². The summed E-state index contributed by atoms with van der Waals surface area (Å²) >= 11 is 0. The number of rotatable bonds is 5. The van der Waals surface area contributed by atoms with Crippen LogP contribution in [0.3, 0.4) is 0 Å². The van der Waals surface area contributed by atoms with Crippen LogP contribution in [0.5, 0.6) is 0 Å². The molecule has 0 saturated heterocycles. The quantitative estimate of drug-likeness (QED) is 0.576. The Balaban J connectivity index is 0. The van der Waals surface area contributed by atoms with Gasteiger partial charge >= 0.3 is 0 Å². The second kappa shape index (κ2) is 10.8. The first-order valence-electron chi connectivity index (χ1n) is 3.10. The van der Waals surface area contributed by atoms with Crippen LogP contribution in [0.4, 0.5) is 0 Å². The minimum absolute atomic E-state index is 0. The highest BCUT2D eigenvalue weighted by atomic mass is 16.5. The molecule has 0 aromatic rings. The van der Waals surface area contributed by atoms with E-state index in [9.17, 15) is 0 Å². The van der Waals surface area contributed by atoms with Crippen LogP contribution in [0, 0.1) is 0 Å². The number of aliphatic hydroxyl groups excluding tert-OH is 1. The molecule has 9 heavy (non-hydrogen) atoms. The minimum Gasteiger partial charge on any atom is -0.394 e. The molecule has 2 nitrogen and oxygen atoms in total. The predicted octanol–water partition coefficient (Wildman–Crippen LogP) is 1.43. The van der Waals surface area contributed by atoms with Crippen LogP contribution in [0.25, 0.3) is 0 Å². The summed E-state index contributed by atoms with van der Waals surface area (Å²) in [6.45, 7) is 3.53. The molecule has 0 fully saturated rings. The molecule has 0 rings (SSSR count). The van der Waals surface area contributed by atoms with Crippen molar-refractivity contribution in [3.8, 4) is 0 Å². The maximum atomic E-state index is 8.24. The molecule has 0 atom stereocenters. The van der Waals surface area contributed by atoms with Gasteiger partial charge in [0.1, 0.15) is 0 Å². The maximum absolute atomic E-state index is 8.24. The lowest BCUT2D eigenvalue weighted by atomic mass is 10.4. The molecular weight excluding hydrogens is 116 g/mol. The predicted molar refractivity (Wildman–Crippen MR) is 39.5 cm³/mol. The van der Waals surface area contributed by atoms with Gasteiger partial charge in [-0.1, -0.05) is 20.8 Å². The van der Waals surface area contributed by atoms with Gasteiger partial charge in [0.2, 0.25) is 0 Å². The topological polar surface area (TPSA) is 29.5 Å². The average molecular weight is 134 g/mol. The number of hydrogen-bond acceptors (Lipinski definition) is 2. The lowest BCUT2D eigenvalue weighted by Gasteiger charge is -1.97. The third-order valence-electron chi connectivity index (χ3n) is 0.878. The number of ether oxygens (including phenoxy) is 1. The summed E-state index contributed by atoms with van der Waals surface area (Å²) in [5, 5.41) is 8.24. The van der Waals surface area contributed by atoms with E-state index in [-0.39, 0.29) is 14.0 Å². The van der Waals surface area contributed by atoms with Gasteiger partial charge < -0.3 is 9.84 Å². The molecule has 0 aliphatic rings. The van der Waals surface area contributed by atoms with Crippen molar-refractivity contribution in [3.05, 3.63) is 0 Å². The van der Waals surface area contributed by atoms with Gasteiger partial charge in [-0.3, -0.25) is 0 Å². The Morgan fingerprint density at radius 2 is 2.00 bits per heavy atom. The minimum atomic E-state index is 0. The summed E-state index contributed by atoms with van der Waals surface area (Å²) in [5.41, 5.74) is 0. The van der Waals surface area contributed by atoms with Crippen LogP contribution in [-0.4, -0.2) is 24.9 Å². The number of hydrogen-bond donors (Lipinski definition) is 1. The number of unbranched alkanes of at least 4 members (excludes halogenated alkanes) is 1. The molecule has 0 spiro atoms. The Morgan fingerprint density at radius 3 is 2.44 bits per heavy atom. The molecule has 58 valence electrons. The summed E-state index contributed by atoms with van der Waals surface area (Å²) in [4.78, 5) is 0. The third-order valence-corrected chi connectivity index (χ3v) is 0.878. The molecule has 0 aromatic carbocycles. The van der Waals surface area contributed by atoms with Crippen LogP contribution >= 0.6 is 0 Å². The summed E-state index contributed by atoms with van der Waals surface area (Å²) in [7, 11) is 0. The summed E-state index contributed by atoms with van der Waals surface area (Å²) in [6.07, 6.45) is 2.26. The molecule has 0 heterocycles. The second-order valence-corrected chi connectivity index (χ2v) is 1.69. The third kappa shape index (κ3) is 11.5. The molecule has 0 bridgehead atoms. The van der Waals surface area contributed by atoms with E-state index in [2.05, 4.69) is 6.92 Å². The summed E-state index contributed by atoms with van der Waals surface area (Å²) in [5.74, 6) is 0. The fourth-order valence-electron chi connectivity index (χ4n) is 0.413. The maximum Gasteiger partial charge on any atom is 0.0697 e. The second-order valence-electron chi connectivity index (χ2n) is 1.69. The molecule has 0 unspecified atom stereocenters. The lowest BCUT2D eigenvalue weighted by Crippen LogP contribution is -1.99. The van der Waals surface area contributed by atoms with E-state index in [1.54, 1.807) is 0 Å². The Labute approximate surface area is 57.8 Å². The molecule has 0 saturated carbocycles. The SMILES string of the molecule is C.CCCCOCCO. The van der Waals surface area contributed by atoms with Gasteiger partial charge in [-0.25, -0.2) is 0 Å². The molecule has 2 heteroatoms. The molecule has 0 aromatic heterocycles. The van der Waals surface area contributed by atoms with Crippen LogP contribution < -0.4 is 0 Å². The van der Waals surface area contributed by atoms with Gasteiger partial charge in [0.05, 0.1) is 13.2 Å². The molecule has 0 amide bonds. The van der Waals surface area contributed by atoms with Gasteiger partial charge in [-0.05, 0) is 6.42 Å². The normalized spacial score (nSPS) is 8.67. The fourth-order valence-corrected chi connectivity index (χ4v) is 0.413. The highest BCUT2D eigenvalue weighted by Gasteiger charge is 1.82. The molecule has 0 aliphatic heterocycles. The van der Waals surface area contributed by atoms with E-state index in [0.29, 0.717) is 6.61 Å². The van der Waals surface area contributed by atoms with Crippen LogP contribution in [-0.2, 0) is 4.74 Å². The highest BCUT2D eigenvalue weighted by molar-refractivity contribution is 4.30. The first kappa shape index (κ1) is 11.7. The van der Waals surface area contributed by atoms with Crippen molar-refractivity contribution in [2.75, 3.05) is 19.8 Å². The monoisotopic (exact) mass is 134 g/mol. The zero-order valence-corrected chi connectivity index (χ0v) is 5.39. The van der Waals surface area contributed by atoms with Gasteiger partial charge in [-0.2, -0.15) is 0 Å². The first-order chi connectivity index (χ1) is 3.91. The van der Waals surface area contributed by atoms with E-state index in [1.165, 1.54) is 0 Å². The van der Waals surface area contributed by atoms with Gasteiger partial charge in [0.15, 0.2) is 0 Å². The van der Waals surface area contributed by atoms with E-state index in [4.69, 9.17) is 9.84 Å². The molecule has 1 N–H and O–H groups in total. The van der Waals surface area contributed by atoms with Crippen molar-refractivity contribution < 1.29 is 9.84 Å². The highest BCUT2D eigenvalue weighted by Crippen LogP contribution is 1.85. The Morgan fingerprint density at radius 1 is 1.33 bits per heavy atom. The van der Waals surface area contributed by atoms with Crippen LogP contribution in [0.1, 0.15) is 27.2 Å². The van der Waals surface area contributed by atoms with Crippen LogP contribution in [0.2, 0.25) is 0 Å². The van der Waals surface area contributed by atoms with Crippen LogP contribution in [0.15, 0.2) is 0 Å². The Kier molecular flexibility index (Phi) is 14.0.